The van der Waals surface area contributed by atoms with Crippen LogP contribution in [0.4, 0.5) is 0 Å². The van der Waals surface area contributed by atoms with E-state index in [9.17, 15) is 0 Å². The Bertz CT molecular complexity index is 257. The van der Waals surface area contributed by atoms with Crippen LogP contribution in [-0.2, 0) is 0 Å². The van der Waals surface area contributed by atoms with E-state index in [1.54, 1.807) is 0 Å². The van der Waals surface area contributed by atoms with Crippen LogP contribution >= 0.6 is 0 Å². The smallest absolute Gasteiger partial charge is 0.0220 e. The van der Waals surface area contributed by atoms with Crippen LogP contribution in [0.2, 0.25) is 0 Å². The Morgan fingerprint density at radius 1 is 0.500 bits per heavy atom. The van der Waals surface area contributed by atoms with Gasteiger partial charge in [0.15, 0.2) is 0 Å². The molecular formula is C18H34N2. The Morgan fingerprint density at radius 3 is 1.30 bits per heavy atom. The van der Waals surface area contributed by atoms with Crippen molar-refractivity contribution in [2.75, 3.05) is 13.1 Å². The second-order valence-corrected chi connectivity index (χ2v) is 5.90. The summed E-state index contributed by atoms with van der Waals surface area (Å²) >= 11 is 0. The highest BCUT2D eigenvalue weighted by molar-refractivity contribution is 5.00. The standard InChI is InChI=1S/C18H34N2/c1-3-5-7-9-10-12-14-20-17-15-19(16-18-20)13-11-8-6-4-2/h15-18H,3-14H2,1-2H3. The van der Waals surface area contributed by atoms with Gasteiger partial charge in [-0.1, -0.05) is 65.2 Å². The normalized spacial score (nSPS) is 14.3. The lowest BCUT2D eigenvalue weighted by molar-refractivity contribution is 0.399. The maximum atomic E-state index is 2.32. The largest absolute Gasteiger partial charge is 0.351 e. The van der Waals surface area contributed by atoms with Crippen LogP contribution in [0.25, 0.3) is 0 Å². The third-order valence-electron chi connectivity index (χ3n) is 3.94. The first-order valence-corrected chi connectivity index (χ1v) is 8.75. The minimum atomic E-state index is 1.16. The molecular weight excluding hydrogens is 244 g/mol. The third-order valence-corrected chi connectivity index (χ3v) is 3.94. The summed E-state index contributed by atoms with van der Waals surface area (Å²) in [6.45, 7) is 6.87. The summed E-state index contributed by atoms with van der Waals surface area (Å²) in [5, 5.41) is 0. The number of nitrogens with zero attached hydrogens (tertiary/aromatic N) is 2. The van der Waals surface area contributed by atoms with Crippen LogP contribution in [0.5, 0.6) is 0 Å². The second-order valence-electron chi connectivity index (χ2n) is 5.90. The lowest BCUT2D eigenvalue weighted by atomic mass is 10.1. The van der Waals surface area contributed by atoms with E-state index >= 15 is 0 Å². The van der Waals surface area contributed by atoms with E-state index in [0.29, 0.717) is 0 Å². The van der Waals surface area contributed by atoms with E-state index in [1.165, 1.54) is 70.8 Å². The maximum Gasteiger partial charge on any atom is 0.0220 e. The first kappa shape index (κ1) is 17.1. The lowest BCUT2D eigenvalue weighted by Crippen LogP contribution is -2.21. The van der Waals surface area contributed by atoms with Crippen molar-refractivity contribution < 1.29 is 0 Å². The molecule has 0 aromatic rings. The zero-order valence-corrected chi connectivity index (χ0v) is 13.7. The Balaban J connectivity index is 2.01. The lowest BCUT2D eigenvalue weighted by Gasteiger charge is -2.25. The van der Waals surface area contributed by atoms with Gasteiger partial charge in [0.05, 0.1) is 0 Å². The Morgan fingerprint density at radius 2 is 0.850 bits per heavy atom. The third kappa shape index (κ3) is 8.29. The fourth-order valence-corrected chi connectivity index (χ4v) is 2.54. The fraction of sp³-hybridized carbons (Fsp3) is 0.778. The predicted octanol–water partition coefficient (Wildman–Crippen LogP) is 5.49. The average Bonchev–Trinajstić information content (AvgIpc) is 2.49. The molecule has 0 atom stereocenters. The quantitative estimate of drug-likeness (QED) is 0.436. The van der Waals surface area contributed by atoms with Gasteiger partial charge in [-0.2, -0.15) is 0 Å². The van der Waals surface area contributed by atoms with Crippen molar-refractivity contribution in [2.45, 2.75) is 78.1 Å². The molecule has 20 heavy (non-hydrogen) atoms. The highest BCUT2D eigenvalue weighted by Crippen LogP contribution is 2.10. The van der Waals surface area contributed by atoms with E-state index in [0.717, 1.165) is 6.54 Å². The molecule has 0 unspecified atom stereocenters. The molecule has 2 heteroatoms. The Labute approximate surface area is 126 Å². The number of hydrogen-bond acceptors (Lipinski definition) is 2. The Hall–Kier alpha value is -0.920. The molecule has 0 bridgehead atoms. The van der Waals surface area contributed by atoms with Crippen LogP contribution in [0.1, 0.15) is 78.1 Å². The molecule has 0 amide bonds. The van der Waals surface area contributed by atoms with E-state index in [-0.39, 0.29) is 0 Å². The Kier molecular flexibility index (Phi) is 10.2. The van der Waals surface area contributed by atoms with Gasteiger partial charge < -0.3 is 9.80 Å². The molecule has 2 nitrogen and oxygen atoms in total. The van der Waals surface area contributed by atoms with E-state index in [1.807, 2.05) is 0 Å². The molecule has 1 heterocycles. The van der Waals surface area contributed by atoms with Gasteiger partial charge in [0.25, 0.3) is 0 Å². The maximum absolute atomic E-state index is 2.32. The number of unbranched alkanes of at least 4 members (excludes halogenated alkanes) is 8. The van der Waals surface area contributed by atoms with E-state index < -0.39 is 0 Å². The van der Waals surface area contributed by atoms with Gasteiger partial charge in [0.2, 0.25) is 0 Å². The van der Waals surface area contributed by atoms with Gasteiger partial charge in [-0.3, -0.25) is 0 Å². The minimum Gasteiger partial charge on any atom is -0.351 e. The molecule has 116 valence electrons. The second kappa shape index (κ2) is 11.9. The van der Waals surface area contributed by atoms with Crippen molar-refractivity contribution in [3.8, 4) is 0 Å². The molecule has 0 saturated heterocycles. The van der Waals surface area contributed by atoms with Crippen molar-refractivity contribution in [1.82, 2.24) is 9.80 Å². The number of rotatable bonds is 12. The topological polar surface area (TPSA) is 6.48 Å². The summed E-state index contributed by atoms with van der Waals surface area (Å²) in [6.07, 6.45) is 22.5. The molecule has 1 aliphatic rings. The monoisotopic (exact) mass is 278 g/mol. The van der Waals surface area contributed by atoms with Crippen molar-refractivity contribution >= 4 is 0 Å². The molecule has 0 saturated carbocycles. The van der Waals surface area contributed by atoms with Crippen LogP contribution in [0, 0.1) is 0 Å². The van der Waals surface area contributed by atoms with E-state index in [4.69, 9.17) is 0 Å². The molecule has 0 radical (unpaired) electrons. The molecule has 0 spiro atoms. The first-order valence-electron chi connectivity index (χ1n) is 8.75. The summed E-state index contributed by atoms with van der Waals surface area (Å²) in [5.41, 5.74) is 0. The van der Waals surface area contributed by atoms with Crippen LogP contribution in [0.15, 0.2) is 24.8 Å². The van der Waals surface area contributed by atoms with Crippen LogP contribution < -0.4 is 0 Å². The van der Waals surface area contributed by atoms with Gasteiger partial charge in [-0.05, 0) is 12.8 Å². The minimum absolute atomic E-state index is 1.16. The predicted molar refractivity (Wildman–Crippen MR) is 89.2 cm³/mol. The highest BCUT2D eigenvalue weighted by atomic mass is 15.2. The van der Waals surface area contributed by atoms with Crippen molar-refractivity contribution in [3.05, 3.63) is 24.8 Å². The van der Waals surface area contributed by atoms with Crippen molar-refractivity contribution in [2.24, 2.45) is 0 Å². The highest BCUT2D eigenvalue weighted by Gasteiger charge is 2.03. The van der Waals surface area contributed by atoms with Gasteiger partial charge in [0, 0.05) is 37.9 Å². The molecule has 1 rings (SSSR count). The van der Waals surface area contributed by atoms with Gasteiger partial charge >= 0.3 is 0 Å². The summed E-state index contributed by atoms with van der Waals surface area (Å²) in [5.74, 6) is 0. The zero-order chi connectivity index (χ0) is 14.5. The van der Waals surface area contributed by atoms with Crippen molar-refractivity contribution in [1.29, 1.82) is 0 Å². The molecule has 0 N–H and O–H groups in total. The number of hydrogen-bond donors (Lipinski definition) is 0. The van der Waals surface area contributed by atoms with Gasteiger partial charge in [-0.15, -0.1) is 0 Å². The molecule has 0 aliphatic carbocycles. The molecule has 0 fully saturated rings. The van der Waals surface area contributed by atoms with E-state index in [2.05, 4.69) is 48.4 Å². The van der Waals surface area contributed by atoms with Crippen LogP contribution in [0.3, 0.4) is 0 Å². The van der Waals surface area contributed by atoms with Crippen molar-refractivity contribution in [3.63, 3.8) is 0 Å². The SMILES string of the molecule is CCCCCCCCN1C=CN(CCCCCC)C=C1. The fourth-order valence-electron chi connectivity index (χ4n) is 2.54. The molecule has 1 aliphatic heterocycles. The van der Waals surface area contributed by atoms with Gasteiger partial charge in [-0.25, -0.2) is 0 Å². The van der Waals surface area contributed by atoms with Crippen LogP contribution in [-0.4, -0.2) is 22.9 Å². The van der Waals surface area contributed by atoms with Gasteiger partial charge in [0.1, 0.15) is 0 Å². The summed E-state index contributed by atoms with van der Waals surface area (Å²) in [4.78, 5) is 4.63. The average molecular weight is 278 g/mol. The summed E-state index contributed by atoms with van der Waals surface area (Å²) in [7, 11) is 0. The molecule has 0 aromatic heterocycles. The molecule has 0 aromatic carbocycles. The zero-order valence-electron chi connectivity index (χ0n) is 13.7. The summed E-state index contributed by atoms with van der Waals surface area (Å²) in [6, 6.07) is 0. The summed E-state index contributed by atoms with van der Waals surface area (Å²) < 4.78 is 0. The first-order chi connectivity index (χ1) is 9.86.